The normalized spacial score (nSPS) is 15.5. The Kier molecular flexibility index (Phi) is 3.07. The van der Waals surface area contributed by atoms with Crippen molar-refractivity contribution in [1.29, 1.82) is 0 Å². The van der Waals surface area contributed by atoms with Crippen LogP contribution in [0.2, 0.25) is 0 Å². The van der Waals surface area contributed by atoms with Crippen LogP contribution in [-0.2, 0) is 17.8 Å². The number of nitrogens with zero attached hydrogens (tertiary/aromatic N) is 1. The third kappa shape index (κ3) is 3.20. The summed E-state index contributed by atoms with van der Waals surface area (Å²) in [5.41, 5.74) is 4.80. The molecule has 0 bridgehead atoms. The van der Waals surface area contributed by atoms with Crippen molar-refractivity contribution in [2.45, 2.75) is 39.5 Å². The lowest BCUT2D eigenvalue weighted by Gasteiger charge is -2.23. The zero-order valence-corrected chi connectivity index (χ0v) is 10.5. The van der Waals surface area contributed by atoms with Gasteiger partial charge in [0, 0.05) is 13.1 Å². The van der Waals surface area contributed by atoms with Crippen molar-refractivity contribution in [2.24, 2.45) is 0 Å². The average Bonchev–Trinajstić information content (AvgIpc) is 2.55. The summed E-state index contributed by atoms with van der Waals surface area (Å²) in [5.74, 6) is 0. The number of ether oxygens (including phenoxy) is 1. The first kappa shape index (κ1) is 11.9. The topological polar surface area (TPSA) is 41.6 Å². The summed E-state index contributed by atoms with van der Waals surface area (Å²) < 4.78 is 5.21. The molecule has 1 aromatic rings. The van der Waals surface area contributed by atoms with Crippen LogP contribution in [0.4, 0.5) is 4.79 Å². The molecule has 0 aliphatic carbocycles. The van der Waals surface area contributed by atoms with E-state index < -0.39 is 11.7 Å². The summed E-state index contributed by atoms with van der Waals surface area (Å²) in [6, 6.07) is 8.17. The molecule has 17 heavy (non-hydrogen) atoms. The summed E-state index contributed by atoms with van der Waals surface area (Å²) in [6.45, 7) is 7.02. The molecule has 2 rings (SSSR count). The highest BCUT2D eigenvalue weighted by Crippen LogP contribution is 2.20. The predicted octanol–water partition coefficient (Wildman–Crippen LogP) is 2.44. The fourth-order valence-electron chi connectivity index (χ4n) is 1.84. The van der Waals surface area contributed by atoms with Crippen molar-refractivity contribution in [3.8, 4) is 0 Å². The second-order valence-corrected chi connectivity index (χ2v) is 5.24. The number of fused-ring (bicyclic) bond motifs is 1. The maximum atomic E-state index is 11.6. The molecule has 1 amide bonds. The Morgan fingerprint density at radius 2 is 1.76 bits per heavy atom. The quantitative estimate of drug-likeness (QED) is 0.811. The van der Waals surface area contributed by atoms with Crippen LogP contribution in [0.3, 0.4) is 0 Å². The Morgan fingerprint density at radius 3 is 2.24 bits per heavy atom. The molecular weight excluding hydrogens is 216 g/mol. The zero-order valence-electron chi connectivity index (χ0n) is 10.5. The van der Waals surface area contributed by atoms with Crippen molar-refractivity contribution >= 4 is 6.09 Å². The second kappa shape index (κ2) is 4.37. The number of nitrogens with one attached hydrogen (secondary N) is 1. The molecule has 0 saturated heterocycles. The van der Waals surface area contributed by atoms with E-state index in [4.69, 9.17) is 4.74 Å². The molecule has 0 unspecified atom stereocenters. The van der Waals surface area contributed by atoms with E-state index in [2.05, 4.69) is 17.6 Å². The molecule has 0 fully saturated rings. The van der Waals surface area contributed by atoms with E-state index >= 15 is 0 Å². The Bertz CT molecular complexity index is 399. The van der Waals surface area contributed by atoms with Crippen LogP contribution < -0.4 is 5.43 Å². The third-order valence-electron chi connectivity index (χ3n) is 2.49. The monoisotopic (exact) mass is 234 g/mol. The van der Waals surface area contributed by atoms with Gasteiger partial charge >= 0.3 is 6.09 Å². The number of rotatable bonds is 1. The average molecular weight is 234 g/mol. The van der Waals surface area contributed by atoms with Crippen molar-refractivity contribution in [1.82, 2.24) is 10.4 Å². The molecule has 1 aliphatic rings. The lowest BCUT2D eigenvalue weighted by Crippen LogP contribution is -2.41. The number of carbonyl (C=O) groups is 1. The van der Waals surface area contributed by atoms with Crippen LogP contribution in [0.25, 0.3) is 0 Å². The van der Waals surface area contributed by atoms with E-state index in [-0.39, 0.29) is 0 Å². The Labute approximate surface area is 102 Å². The van der Waals surface area contributed by atoms with Gasteiger partial charge in [0.05, 0.1) is 0 Å². The Hall–Kier alpha value is -1.55. The van der Waals surface area contributed by atoms with E-state index in [0.29, 0.717) is 0 Å². The number of hydrogen-bond acceptors (Lipinski definition) is 3. The minimum atomic E-state index is -0.462. The Morgan fingerprint density at radius 1 is 1.24 bits per heavy atom. The van der Waals surface area contributed by atoms with Crippen LogP contribution >= 0.6 is 0 Å². The van der Waals surface area contributed by atoms with Crippen LogP contribution in [0.5, 0.6) is 0 Å². The molecule has 4 heteroatoms. The van der Waals surface area contributed by atoms with Gasteiger partial charge in [-0.05, 0) is 31.9 Å². The largest absolute Gasteiger partial charge is 0.443 e. The van der Waals surface area contributed by atoms with E-state index in [1.807, 2.05) is 37.9 Å². The minimum Gasteiger partial charge on any atom is -0.443 e. The van der Waals surface area contributed by atoms with Crippen LogP contribution in [-0.4, -0.2) is 16.7 Å². The van der Waals surface area contributed by atoms with Gasteiger partial charge in [-0.25, -0.2) is 9.80 Å². The summed E-state index contributed by atoms with van der Waals surface area (Å²) >= 11 is 0. The maximum absolute atomic E-state index is 11.6. The van der Waals surface area contributed by atoms with E-state index in [9.17, 15) is 4.79 Å². The zero-order chi connectivity index (χ0) is 12.5. The molecule has 0 aromatic heterocycles. The van der Waals surface area contributed by atoms with Crippen LogP contribution in [0.15, 0.2) is 24.3 Å². The van der Waals surface area contributed by atoms with Gasteiger partial charge in [-0.15, -0.1) is 0 Å². The molecule has 1 aromatic carbocycles. The molecule has 1 N–H and O–H groups in total. The van der Waals surface area contributed by atoms with Gasteiger partial charge in [0.25, 0.3) is 0 Å². The van der Waals surface area contributed by atoms with Crippen LogP contribution in [0, 0.1) is 0 Å². The number of carbonyl (C=O) groups excluding carboxylic acids is 1. The van der Waals surface area contributed by atoms with Crippen molar-refractivity contribution in [3.05, 3.63) is 35.4 Å². The van der Waals surface area contributed by atoms with Gasteiger partial charge in [0.2, 0.25) is 0 Å². The first-order valence-electron chi connectivity index (χ1n) is 5.75. The highest BCUT2D eigenvalue weighted by atomic mass is 16.6. The smallest absolute Gasteiger partial charge is 0.422 e. The molecule has 0 saturated carbocycles. The summed E-state index contributed by atoms with van der Waals surface area (Å²) in [5, 5.41) is 1.86. The molecule has 1 aliphatic heterocycles. The fraction of sp³-hybridized carbons (Fsp3) is 0.462. The van der Waals surface area contributed by atoms with Gasteiger partial charge in [0.1, 0.15) is 5.60 Å². The molecule has 0 radical (unpaired) electrons. The van der Waals surface area contributed by atoms with Crippen molar-refractivity contribution in [2.75, 3.05) is 0 Å². The number of amides is 1. The van der Waals surface area contributed by atoms with Crippen molar-refractivity contribution in [3.63, 3.8) is 0 Å². The van der Waals surface area contributed by atoms with E-state index in [1.54, 1.807) is 0 Å². The predicted molar refractivity (Wildman–Crippen MR) is 65.1 cm³/mol. The molecule has 0 spiro atoms. The molecular formula is C13H18N2O2. The minimum absolute atomic E-state index is 0.398. The Balaban J connectivity index is 1.90. The maximum Gasteiger partial charge on any atom is 0.422 e. The van der Waals surface area contributed by atoms with E-state index in [1.165, 1.54) is 11.1 Å². The third-order valence-corrected chi connectivity index (χ3v) is 2.49. The molecule has 0 atom stereocenters. The standard InChI is InChI=1S/C13H18N2O2/c1-13(2,3)17-12(16)14-15-8-10-6-4-5-7-11(10)9-15/h4-7H,8-9H2,1-3H3,(H,14,16). The van der Waals surface area contributed by atoms with Gasteiger partial charge in [0.15, 0.2) is 0 Å². The van der Waals surface area contributed by atoms with Gasteiger partial charge in [-0.3, -0.25) is 5.43 Å². The highest BCUT2D eigenvalue weighted by Gasteiger charge is 2.22. The molecule has 1 heterocycles. The summed E-state index contributed by atoms with van der Waals surface area (Å²) in [6.07, 6.45) is -0.398. The SMILES string of the molecule is CC(C)(C)OC(=O)NN1Cc2ccccc2C1. The number of hydrogen-bond donors (Lipinski definition) is 1. The van der Waals surface area contributed by atoms with Gasteiger partial charge < -0.3 is 4.74 Å². The highest BCUT2D eigenvalue weighted by molar-refractivity contribution is 5.67. The lowest BCUT2D eigenvalue weighted by atomic mass is 10.1. The molecule has 92 valence electrons. The van der Waals surface area contributed by atoms with Gasteiger partial charge in [-0.2, -0.15) is 0 Å². The van der Waals surface area contributed by atoms with Crippen molar-refractivity contribution < 1.29 is 9.53 Å². The summed E-state index contributed by atoms with van der Waals surface area (Å²) in [4.78, 5) is 11.6. The summed E-state index contributed by atoms with van der Waals surface area (Å²) in [7, 11) is 0. The fourth-order valence-corrected chi connectivity index (χ4v) is 1.84. The number of benzene rings is 1. The first-order chi connectivity index (χ1) is 7.94. The van der Waals surface area contributed by atoms with E-state index in [0.717, 1.165) is 13.1 Å². The van der Waals surface area contributed by atoms with Gasteiger partial charge in [-0.1, -0.05) is 24.3 Å². The number of hydrazine groups is 1. The lowest BCUT2D eigenvalue weighted by molar-refractivity contribution is 0.0323. The van der Waals surface area contributed by atoms with Crippen LogP contribution in [0.1, 0.15) is 31.9 Å². The second-order valence-electron chi connectivity index (χ2n) is 5.24. The first-order valence-corrected chi connectivity index (χ1v) is 5.75. The molecule has 4 nitrogen and oxygen atoms in total.